The minimum absolute atomic E-state index is 0.0325. The number of halogens is 1. The van der Waals surface area contributed by atoms with Crippen LogP contribution in [-0.4, -0.2) is 18.5 Å². The molecule has 0 saturated carbocycles. The summed E-state index contributed by atoms with van der Waals surface area (Å²) in [6, 6.07) is 4.16. The van der Waals surface area contributed by atoms with Crippen molar-refractivity contribution in [1.82, 2.24) is 5.32 Å². The zero-order valence-electron chi connectivity index (χ0n) is 10.0. The Bertz CT molecular complexity index is 487. The number of amides is 1. The molecule has 1 heterocycles. The van der Waals surface area contributed by atoms with Crippen LogP contribution in [0.5, 0.6) is 0 Å². The molecule has 0 aliphatic carbocycles. The molecule has 1 aliphatic heterocycles. The summed E-state index contributed by atoms with van der Waals surface area (Å²) in [5.41, 5.74) is 0.594. The van der Waals surface area contributed by atoms with Crippen molar-refractivity contribution in [3.63, 3.8) is 0 Å². The van der Waals surface area contributed by atoms with Crippen molar-refractivity contribution < 1.29 is 18.7 Å². The second-order valence-electron chi connectivity index (χ2n) is 4.12. The molecule has 1 aromatic carbocycles. The Labute approximate surface area is 104 Å². The maximum absolute atomic E-state index is 13.8. The van der Waals surface area contributed by atoms with Crippen molar-refractivity contribution >= 4 is 11.9 Å². The Balaban J connectivity index is 2.19. The zero-order chi connectivity index (χ0) is 13.1. The largest absolute Gasteiger partial charge is 0.462 e. The molecule has 1 saturated heterocycles. The Morgan fingerprint density at radius 2 is 2.33 bits per heavy atom. The summed E-state index contributed by atoms with van der Waals surface area (Å²) in [6.45, 7) is 1.87. The fourth-order valence-corrected chi connectivity index (χ4v) is 1.99. The molecular weight excluding hydrogens is 237 g/mol. The summed E-state index contributed by atoms with van der Waals surface area (Å²) in [6.07, 6.45) is 1.10. The highest BCUT2D eigenvalue weighted by Gasteiger charge is 2.23. The minimum Gasteiger partial charge on any atom is -0.462 e. The van der Waals surface area contributed by atoms with E-state index in [4.69, 9.17) is 4.74 Å². The Morgan fingerprint density at radius 3 is 2.89 bits per heavy atom. The highest BCUT2D eigenvalue weighted by molar-refractivity contribution is 5.89. The Hall–Kier alpha value is -1.91. The molecule has 0 spiro atoms. The lowest BCUT2D eigenvalue weighted by atomic mass is 10.0. The van der Waals surface area contributed by atoms with Gasteiger partial charge in [0.15, 0.2) is 0 Å². The number of nitrogens with one attached hydrogen (secondary N) is 1. The topological polar surface area (TPSA) is 55.4 Å². The van der Waals surface area contributed by atoms with E-state index in [1.165, 1.54) is 12.1 Å². The standard InChI is InChI=1S/C13H14FNO3/c1-2-18-13(17)9-4-3-8(7-10(9)14)11-5-6-12(16)15-11/h3-4,7,11H,2,5-6H2,1H3,(H,15,16)/t11-/m0/s1. The van der Waals surface area contributed by atoms with Crippen LogP contribution >= 0.6 is 0 Å². The third-order valence-corrected chi connectivity index (χ3v) is 2.89. The molecule has 2 rings (SSSR count). The summed E-state index contributed by atoms with van der Waals surface area (Å²) in [5.74, 6) is -1.32. The SMILES string of the molecule is CCOC(=O)c1ccc([C@@H]2CCC(=O)N2)cc1F. The zero-order valence-corrected chi connectivity index (χ0v) is 10.0. The molecule has 5 heteroatoms. The van der Waals surface area contributed by atoms with Crippen LogP contribution in [0, 0.1) is 5.82 Å². The average Bonchev–Trinajstić information content (AvgIpc) is 2.76. The van der Waals surface area contributed by atoms with E-state index in [9.17, 15) is 14.0 Å². The monoisotopic (exact) mass is 251 g/mol. The first-order valence-electron chi connectivity index (χ1n) is 5.87. The molecular formula is C13H14FNO3. The smallest absolute Gasteiger partial charge is 0.341 e. The first kappa shape index (κ1) is 12.5. The number of benzene rings is 1. The minimum atomic E-state index is -0.669. The molecule has 0 radical (unpaired) electrons. The maximum Gasteiger partial charge on any atom is 0.341 e. The van der Waals surface area contributed by atoms with E-state index < -0.39 is 11.8 Å². The van der Waals surface area contributed by atoms with E-state index in [1.807, 2.05) is 0 Å². The van der Waals surface area contributed by atoms with E-state index in [-0.39, 0.29) is 24.1 Å². The van der Waals surface area contributed by atoms with Gasteiger partial charge in [-0.05, 0) is 31.0 Å². The summed E-state index contributed by atoms with van der Waals surface area (Å²) >= 11 is 0. The molecule has 0 aromatic heterocycles. The number of carbonyl (C=O) groups is 2. The van der Waals surface area contributed by atoms with E-state index in [1.54, 1.807) is 13.0 Å². The second-order valence-corrected chi connectivity index (χ2v) is 4.12. The van der Waals surface area contributed by atoms with Gasteiger partial charge in [0.05, 0.1) is 18.2 Å². The number of esters is 1. The number of hydrogen-bond donors (Lipinski definition) is 1. The van der Waals surface area contributed by atoms with Crippen molar-refractivity contribution in [3.05, 3.63) is 35.1 Å². The van der Waals surface area contributed by atoms with E-state index >= 15 is 0 Å². The molecule has 96 valence electrons. The third-order valence-electron chi connectivity index (χ3n) is 2.89. The molecule has 1 fully saturated rings. The van der Waals surface area contributed by atoms with Crippen molar-refractivity contribution in [2.45, 2.75) is 25.8 Å². The third kappa shape index (κ3) is 2.50. The lowest BCUT2D eigenvalue weighted by Gasteiger charge is -2.11. The van der Waals surface area contributed by atoms with E-state index in [0.717, 1.165) is 0 Å². The number of ether oxygens (including phenoxy) is 1. The highest BCUT2D eigenvalue weighted by Crippen LogP contribution is 2.25. The molecule has 18 heavy (non-hydrogen) atoms. The van der Waals surface area contributed by atoms with Gasteiger partial charge in [-0.2, -0.15) is 0 Å². The molecule has 1 atom stereocenters. The predicted octanol–water partition coefficient (Wildman–Crippen LogP) is 1.95. The molecule has 0 bridgehead atoms. The van der Waals surface area contributed by atoms with Crippen LogP contribution in [0.15, 0.2) is 18.2 Å². The molecule has 0 unspecified atom stereocenters. The fraction of sp³-hybridized carbons (Fsp3) is 0.385. The lowest BCUT2D eigenvalue weighted by molar-refractivity contribution is -0.119. The maximum atomic E-state index is 13.8. The summed E-state index contributed by atoms with van der Waals surface area (Å²) in [4.78, 5) is 22.5. The van der Waals surface area contributed by atoms with Gasteiger partial charge in [0.1, 0.15) is 5.82 Å². The van der Waals surface area contributed by atoms with Crippen LogP contribution in [0.2, 0.25) is 0 Å². The van der Waals surface area contributed by atoms with Gasteiger partial charge in [0.25, 0.3) is 0 Å². The van der Waals surface area contributed by atoms with Crippen LogP contribution in [0.25, 0.3) is 0 Å². The van der Waals surface area contributed by atoms with E-state index in [2.05, 4.69) is 5.32 Å². The van der Waals surface area contributed by atoms with Crippen LogP contribution in [0.4, 0.5) is 4.39 Å². The summed E-state index contributed by atoms with van der Waals surface area (Å²) < 4.78 is 18.5. The average molecular weight is 251 g/mol. The van der Waals surface area contributed by atoms with Crippen molar-refractivity contribution in [2.24, 2.45) is 0 Å². The predicted molar refractivity (Wildman–Crippen MR) is 62.5 cm³/mol. The number of hydrogen-bond acceptors (Lipinski definition) is 3. The van der Waals surface area contributed by atoms with Gasteiger partial charge in [0, 0.05) is 6.42 Å². The second kappa shape index (κ2) is 5.16. The number of carbonyl (C=O) groups excluding carboxylic acids is 2. The normalized spacial score (nSPS) is 18.6. The molecule has 4 nitrogen and oxygen atoms in total. The summed E-state index contributed by atoms with van der Waals surface area (Å²) in [5, 5.41) is 2.75. The Morgan fingerprint density at radius 1 is 1.56 bits per heavy atom. The van der Waals surface area contributed by atoms with Gasteiger partial charge in [0.2, 0.25) is 5.91 Å². The summed E-state index contributed by atoms with van der Waals surface area (Å²) in [7, 11) is 0. The highest BCUT2D eigenvalue weighted by atomic mass is 19.1. The molecule has 1 aliphatic rings. The van der Waals surface area contributed by atoms with Gasteiger partial charge in [-0.1, -0.05) is 6.07 Å². The van der Waals surface area contributed by atoms with Gasteiger partial charge in [-0.15, -0.1) is 0 Å². The van der Waals surface area contributed by atoms with Crippen molar-refractivity contribution in [3.8, 4) is 0 Å². The van der Waals surface area contributed by atoms with Gasteiger partial charge in [-0.25, -0.2) is 9.18 Å². The van der Waals surface area contributed by atoms with E-state index in [0.29, 0.717) is 18.4 Å². The van der Waals surface area contributed by atoms with Gasteiger partial charge < -0.3 is 10.1 Å². The van der Waals surface area contributed by atoms with Gasteiger partial charge in [-0.3, -0.25) is 4.79 Å². The first-order chi connectivity index (χ1) is 8.61. The first-order valence-corrected chi connectivity index (χ1v) is 5.87. The van der Waals surface area contributed by atoms with Crippen LogP contribution in [-0.2, 0) is 9.53 Å². The van der Waals surface area contributed by atoms with Crippen LogP contribution in [0.3, 0.4) is 0 Å². The quantitative estimate of drug-likeness (QED) is 0.835. The molecule has 1 amide bonds. The molecule has 1 aromatic rings. The van der Waals surface area contributed by atoms with Gasteiger partial charge >= 0.3 is 5.97 Å². The van der Waals surface area contributed by atoms with Crippen molar-refractivity contribution in [1.29, 1.82) is 0 Å². The van der Waals surface area contributed by atoms with Crippen LogP contribution < -0.4 is 5.32 Å². The number of rotatable bonds is 3. The fourth-order valence-electron chi connectivity index (χ4n) is 1.99. The Kier molecular flexibility index (Phi) is 3.60. The molecule has 1 N–H and O–H groups in total. The van der Waals surface area contributed by atoms with Crippen LogP contribution in [0.1, 0.15) is 41.7 Å². The van der Waals surface area contributed by atoms with Crippen molar-refractivity contribution in [2.75, 3.05) is 6.61 Å². The lowest BCUT2D eigenvalue weighted by Crippen LogP contribution is -2.18.